The zero-order valence-corrected chi connectivity index (χ0v) is 18.7. The molecule has 0 bridgehead atoms. The number of nitrogens with zero attached hydrogens (tertiary/aromatic N) is 1. The molecule has 0 spiro atoms. The minimum atomic E-state index is -4.34. The highest BCUT2D eigenvalue weighted by atomic mass is 32.2. The number of hydrogen-bond donors (Lipinski definition) is 1. The lowest BCUT2D eigenvalue weighted by Crippen LogP contribution is -2.10. The summed E-state index contributed by atoms with van der Waals surface area (Å²) in [6, 6.07) is 10.8. The fraction of sp³-hybridized carbons (Fsp3) is 0.304. The maximum absolute atomic E-state index is 12.8. The Balaban J connectivity index is 1.41. The number of carboxylic acid groups (broad SMARTS) is 1. The molecule has 1 aliphatic rings. The number of aromatic nitrogens is 1. The molecular weight excluding hydrogens is 459 g/mol. The van der Waals surface area contributed by atoms with Gasteiger partial charge in [0.1, 0.15) is 10.8 Å². The van der Waals surface area contributed by atoms with Crippen LogP contribution in [0.4, 0.5) is 13.2 Å². The van der Waals surface area contributed by atoms with Crippen LogP contribution in [0.2, 0.25) is 0 Å². The molecule has 0 fully saturated rings. The standard InChI is InChI=1S/C23H20F3NO3S2/c1-13-10-17(7-8-18(13)30-11-20(28)29)31-12-15-4-9-19-21(15)27-22(32-19)14-2-5-16(6-3-14)23(24,25)26/h2-3,5-8,10,15H,4,9,11-12H2,1H3,(H,28,29). The van der Waals surface area contributed by atoms with E-state index in [0.29, 0.717) is 11.3 Å². The number of aryl methyl sites for hydroxylation is 2. The van der Waals surface area contributed by atoms with Gasteiger partial charge in [-0.2, -0.15) is 13.2 Å². The van der Waals surface area contributed by atoms with Gasteiger partial charge < -0.3 is 9.84 Å². The molecular formula is C23H20F3NO3S2. The third-order valence-electron chi connectivity index (χ3n) is 5.24. The summed E-state index contributed by atoms with van der Waals surface area (Å²) in [4.78, 5) is 17.7. The van der Waals surface area contributed by atoms with E-state index in [4.69, 9.17) is 14.8 Å². The monoisotopic (exact) mass is 479 g/mol. The fourth-order valence-corrected chi connectivity index (χ4v) is 5.91. The van der Waals surface area contributed by atoms with Gasteiger partial charge in [0.15, 0.2) is 6.61 Å². The van der Waals surface area contributed by atoms with Gasteiger partial charge in [-0.3, -0.25) is 0 Å². The van der Waals surface area contributed by atoms with Gasteiger partial charge in [0.05, 0.1) is 11.3 Å². The Morgan fingerprint density at radius 1 is 1.25 bits per heavy atom. The normalized spacial score (nSPS) is 15.6. The van der Waals surface area contributed by atoms with Gasteiger partial charge in [-0.15, -0.1) is 23.1 Å². The highest BCUT2D eigenvalue weighted by Crippen LogP contribution is 2.42. The molecule has 168 valence electrons. The first kappa shape index (κ1) is 22.7. The summed E-state index contributed by atoms with van der Waals surface area (Å²) >= 11 is 3.27. The molecule has 1 heterocycles. The van der Waals surface area contributed by atoms with Crippen LogP contribution >= 0.6 is 23.1 Å². The molecule has 0 radical (unpaired) electrons. The Bertz CT molecular complexity index is 1130. The molecule has 1 unspecified atom stereocenters. The average molecular weight is 480 g/mol. The van der Waals surface area contributed by atoms with Crippen molar-refractivity contribution in [1.29, 1.82) is 0 Å². The lowest BCUT2D eigenvalue weighted by Gasteiger charge is -2.11. The van der Waals surface area contributed by atoms with Crippen LogP contribution in [0.25, 0.3) is 10.6 Å². The highest BCUT2D eigenvalue weighted by Gasteiger charge is 2.31. The van der Waals surface area contributed by atoms with Crippen LogP contribution < -0.4 is 4.74 Å². The summed E-state index contributed by atoms with van der Waals surface area (Å²) in [5, 5.41) is 9.50. The van der Waals surface area contributed by atoms with E-state index in [1.807, 2.05) is 19.1 Å². The van der Waals surface area contributed by atoms with E-state index in [1.165, 1.54) is 17.0 Å². The summed E-state index contributed by atoms with van der Waals surface area (Å²) in [6.45, 7) is 1.51. The Kier molecular flexibility index (Phi) is 6.48. The molecule has 0 saturated heterocycles. The molecule has 0 aliphatic heterocycles. The van der Waals surface area contributed by atoms with Gasteiger partial charge in [0.25, 0.3) is 0 Å². The Hall–Kier alpha value is -2.52. The van der Waals surface area contributed by atoms with Gasteiger partial charge >= 0.3 is 12.1 Å². The summed E-state index contributed by atoms with van der Waals surface area (Å²) in [5.41, 5.74) is 1.97. The van der Waals surface area contributed by atoms with E-state index in [-0.39, 0.29) is 12.5 Å². The minimum Gasteiger partial charge on any atom is -0.482 e. The first-order valence-corrected chi connectivity index (χ1v) is 11.8. The second-order valence-corrected chi connectivity index (χ2v) is 9.74. The third-order valence-corrected chi connectivity index (χ3v) is 7.58. The number of carboxylic acids is 1. The number of ether oxygens (including phenoxy) is 1. The lowest BCUT2D eigenvalue weighted by molar-refractivity contribution is -0.139. The van der Waals surface area contributed by atoms with Crippen LogP contribution in [0.15, 0.2) is 47.4 Å². The predicted octanol–water partition coefficient (Wildman–Crippen LogP) is 6.42. The van der Waals surface area contributed by atoms with Crippen LogP contribution in [0, 0.1) is 6.92 Å². The number of thioether (sulfide) groups is 1. The lowest BCUT2D eigenvalue weighted by atomic mass is 10.1. The Labute approximate surface area is 191 Å². The van der Waals surface area contributed by atoms with Crippen LogP contribution in [0.1, 0.15) is 34.0 Å². The van der Waals surface area contributed by atoms with Crippen molar-refractivity contribution in [3.05, 3.63) is 64.2 Å². The van der Waals surface area contributed by atoms with E-state index in [1.54, 1.807) is 29.2 Å². The molecule has 1 aliphatic carbocycles. The molecule has 1 atom stereocenters. The number of alkyl halides is 3. The number of rotatable bonds is 7. The maximum Gasteiger partial charge on any atom is 0.416 e. The summed E-state index contributed by atoms with van der Waals surface area (Å²) in [5.74, 6) is 0.676. The second kappa shape index (κ2) is 9.15. The van der Waals surface area contributed by atoms with Crippen molar-refractivity contribution in [3.63, 3.8) is 0 Å². The zero-order valence-electron chi connectivity index (χ0n) is 17.1. The van der Waals surface area contributed by atoms with Crippen molar-refractivity contribution >= 4 is 29.1 Å². The van der Waals surface area contributed by atoms with Crippen LogP contribution in [-0.4, -0.2) is 28.4 Å². The molecule has 9 heteroatoms. The minimum absolute atomic E-state index is 0.290. The Morgan fingerprint density at radius 3 is 2.66 bits per heavy atom. The number of thiazole rings is 1. The quantitative estimate of drug-likeness (QED) is 0.396. The molecule has 32 heavy (non-hydrogen) atoms. The van der Waals surface area contributed by atoms with Gasteiger partial charge in [-0.1, -0.05) is 12.1 Å². The molecule has 4 nitrogen and oxygen atoms in total. The number of hydrogen-bond acceptors (Lipinski definition) is 5. The number of fused-ring (bicyclic) bond motifs is 1. The van der Waals surface area contributed by atoms with E-state index < -0.39 is 17.7 Å². The molecule has 1 aromatic heterocycles. The molecule has 1 N–H and O–H groups in total. The Morgan fingerprint density at radius 2 is 2.00 bits per heavy atom. The largest absolute Gasteiger partial charge is 0.482 e. The van der Waals surface area contributed by atoms with E-state index in [0.717, 1.165) is 51.9 Å². The summed E-state index contributed by atoms with van der Waals surface area (Å²) < 4.78 is 43.7. The molecule has 0 saturated carbocycles. The molecule has 3 aromatic rings. The number of halogens is 3. The molecule has 0 amide bonds. The number of benzene rings is 2. The zero-order chi connectivity index (χ0) is 22.9. The van der Waals surface area contributed by atoms with Crippen molar-refractivity contribution in [3.8, 4) is 16.3 Å². The maximum atomic E-state index is 12.8. The fourth-order valence-electron chi connectivity index (χ4n) is 3.60. The van der Waals surface area contributed by atoms with Crippen molar-refractivity contribution in [2.45, 2.75) is 36.8 Å². The van der Waals surface area contributed by atoms with Crippen molar-refractivity contribution in [2.75, 3.05) is 12.4 Å². The van der Waals surface area contributed by atoms with Crippen molar-refractivity contribution < 1.29 is 27.8 Å². The van der Waals surface area contributed by atoms with E-state index >= 15 is 0 Å². The van der Waals surface area contributed by atoms with Gasteiger partial charge in [-0.05, 0) is 55.7 Å². The van der Waals surface area contributed by atoms with Gasteiger partial charge in [0, 0.05) is 27.0 Å². The van der Waals surface area contributed by atoms with Crippen LogP contribution in [-0.2, 0) is 17.4 Å². The third kappa shape index (κ3) is 5.10. The second-order valence-electron chi connectivity index (χ2n) is 7.56. The van der Waals surface area contributed by atoms with Gasteiger partial charge in [0.2, 0.25) is 0 Å². The first-order chi connectivity index (χ1) is 15.2. The average Bonchev–Trinajstić information content (AvgIpc) is 3.32. The number of carbonyl (C=O) groups is 1. The van der Waals surface area contributed by atoms with Crippen molar-refractivity contribution in [2.24, 2.45) is 0 Å². The molecule has 4 rings (SSSR count). The van der Waals surface area contributed by atoms with Crippen LogP contribution in [0.3, 0.4) is 0 Å². The summed E-state index contributed by atoms with van der Waals surface area (Å²) in [6.07, 6.45) is -2.41. The first-order valence-electron chi connectivity index (χ1n) is 9.96. The van der Waals surface area contributed by atoms with E-state index in [2.05, 4.69) is 0 Å². The van der Waals surface area contributed by atoms with E-state index in [9.17, 15) is 18.0 Å². The van der Waals surface area contributed by atoms with Crippen LogP contribution in [0.5, 0.6) is 5.75 Å². The molecule has 2 aromatic carbocycles. The topological polar surface area (TPSA) is 59.4 Å². The summed E-state index contributed by atoms with van der Waals surface area (Å²) in [7, 11) is 0. The van der Waals surface area contributed by atoms with Gasteiger partial charge in [-0.25, -0.2) is 9.78 Å². The smallest absolute Gasteiger partial charge is 0.416 e. The highest BCUT2D eigenvalue weighted by molar-refractivity contribution is 7.99. The SMILES string of the molecule is Cc1cc(SCC2CCc3sc(-c4ccc(C(F)(F)F)cc4)nc32)ccc1OCC(=O)O. The van der Waals surface area contributed by atoms with Crippen molar-refractivity contribution in [1.82, 2.24) is 4.98 Å². The predicted molar refractivity (Wildman–Crippen MR) is 119 cm³/mol. The number of aliphatic carboxylic acids is 1.